The standard InChI is InChI=1S/C15H17NO6/c17-10-5-6-11(18)9(10)3-1-2-4-14(21)22-16-15-12(19)7-8-13(15)20/h5-6,9,15-16H,1-4,7-8H2. The summed E-state index contributed by atoms with van der Waals surface area (Å²) in [5, 5.41) is 0. The summed E-state index contributed by atoms with van der Waals surface area (Å²) in [6, 6.07) is -1.04. The van der Waals surface area contributed by atoms with E-state index in [9.17, 15) is 24.0 Å². The number of ketones is 4. The summed E-state index contributed by atoms with van der Waals surface area (Å²) >= 11 is 0. The van der Waals surface area contributed by atoms with E-state index in [1.54, 1.807) is 0 Å². The van der Waals surface area contributed by atoms with Gasteiger partial charge in [-0.1, -0.05) is 6.42 Å². The average Bonchev–Trinajstić information content (AvgIpc) is 2.97. The van der Waals surface area contributed by atoms with Crippen molar-refractivity contribution in [3.63, 3.8) is 0 Å². The summed E-state index contributed by atoms with van der Waals surface area (Å²) in [6.45, 7) is 0. The van der Waals surface area contributed by atoms with E-state index in [0.29, 0.717) is 19.3 Å². The lowest BCUT2D eigenvalue weighted by molar-refractivity contribution is -0.154. The van der Waals surface area contributed by atoms with Gasteiger partial charge < -0.3 is 4.84 Å². The molecule has 0 unspecified atom stereocenters. The third-order valence-electron chi connectivity index (χ3n) is 3.77. The SMILES string of the molecule is O=C(CCCCC1C(=O)C=CC1=O)ONC1C(=O)CCC1=O. The van der Waals surface area contributed by atoms with Gasteiger partial charge in [-0.3, -0.25) is 24.0 Å². The van der Waals surface area contributed by atoms with E-state index in [2.05, 4.69) is 5.48 Å². The number of rotatable bonds is 7. The number of allylic oxidation sites excluding steroid dienone is 2. The summed E-state index contributed by atoms with van der Waals surface area (Å²) < 4.78 is 0. The number of hydrogen-bond acceptors (Lipinski definition) is 7. The van der Waals surface area contributed by atoms with Crippen LogP contribution in [0.2, 0.25) is 0 Å². The van der Waals surface area contributed by atoms with Crippen LogP contribution in [0.4, 0.5) is 0 Å². The highest BCUT2D eigenvalue weighted by Crippen LogP contribution is 2.18. The first-order valence-electron chi connectivity index (χ1n) is 7.25. The molecule has 2 aliphatic carbocycles. The molecule has 118 valence electrons. The van der Waals surface area contributed by atoms with E-state index < -0.39 is 17.9 Å². The van der Waals surface area contributed by atoms with Crippen molar-refractivity contribution in [1.82, 2.24) is 5.48 Å². The van der Waals surface area contributed by atoms with Crippen molar-refractivity contribution in [3.8, 4) is 0 Å². The molecule has 1 saturated carbocycles. The lowest BCUT2D eigenvalue weighted by Gasteiger charge is -2.10. The normalized spacial score (nSPS) is 19.5. The van der Waals surface area contributed by atoms with Crippen LogP contribution in [0, 0.1) is 5.92 Å². The molecule has 0 saturated heterocycles. The molecular formula is C15H17NO6. The minimum atomic E-state index is -1.04. The zero-order valence-electron chi connectivity index (χ0n) is 12.0. The molecule has 0 aliphatic heterocycles. The predicted octanol–water partition coefficient (Wildman–Crippen LogP) is 0.219. The molecule has 2 rings (SSSR count). The molecule has 2 aliphatic rings. The van der Waals surface area contributed by atoms with Crippen LogP contribution in [-0.2, 0) is 28.8 Å². The van der Waals surface area contributed by atoms with Crippen molar-refractivity contribution >= 4 is 29.1 Å². The van der Waals surface area contributed by atoms with Gasteiger partial charge in [-0.2, -0.15) is 0 Å². The van der Waals surface area contributed by atoms with Crippen molar-refractivity contribution in [3.05, 3.63) is 12.2 Å². The molecule has 0 amide bonds. The number of hydrogen-bond donors (Lipinski definition) is 1. The third kappa shape index (κ3) is 3.94. The number of unbranched alkanes of at least 4 members (excludes halogenated alkanes) is 1. The highest BCUT2D eigenvalue weighted by molar-refractivity contribution is 6.18. The van der Waals surface area contributed by atoms with Gasteiger partial charge in [0.15, 0.2) is 29.2 Å². The Kier molecular flexibility index (Phi) is 5.32. The van der Waals surface area contributed by atoms with Gasteiger partial charge in [0.05, 0.1) is 5.92 Å². The number of hydroxylamine groups is 1. The molecule has 0 aromatic heterocycles. The van der Waals surface area contributed by atoms with Crippen LogP contribution in [-0.4, -0.2) is 35.1 Å². The van der Waals surface area contributed by atoms with Gasteiger partial charge in [-0.15, -0.1) is 5.48 Å². The second-order valence-corrected chi connectivity index (χ2v) is 5.39. The molecule has 22 heavy (non-hydrogen) atoms. The van der Waals surface area contributed by atoms with Crippen molar-refractivity contribution in [2.24, 2.45) is 5.92 Å². The Labute approximate surface area is 127 Å². The molecule has 0 heterocycles. The lowest BCUT2D eigenvalue weighted by atomic mass is 9.97. The zero-order valence-corrected chi connectivity index (χ0v) is 12.0. The second-order valence-electron chi connectivity index (χ2n) is 5.39. The highest BCUT2D eigenvalue weighted by atomic mass is 16.7. The molecular weight excluding hydrogens is 290 g/mol. The summed E-state index contributed by atoms with van der Waals surface area (Å²) in [4.78, 5) is 61.5. The summed E-state index contributed by atoms with van der Waals surface area (Å²) in [7, 11) is 0. The largest absolute Gasteiger partial charge is 0.370 e. The van der Waals surface area contributed by atoms with Crippen molar-refractivity contribution in [2.75, 3.05) is 0 Å². The van der Waals surface area contributed by atoms with Crippen LogP contribution in [0.5, 0.6) is 0 Å². The van der Waals surface area contributed by atoms with Crippen molar-refractivity contribution in [1.29, 1.82) is 0 Å². The Morgan fingerprint density at radius 3 is 2.23 bits per heavy atom. The fourth-order valence-electron chi connectivity index (χ4n) is 2.46. The molecule has 7 nitrogen and oxygen atoms in total. The van der Waals surface area contributed by atoms with Crippen molar-refractivity contribution < 1.29 is 28.8 Å². The van der Waals surface area contributed by atoms with Crippen LogP contribution < -0.4 is 5.48 Å². The van der Waals surface area contributed by atoms with Gasteiger partial charge in [0.25, 0.3) is 0 Å². The van der Waals surface area contributed by atoms with Crippen LogP contribution in [0.3, 0.4) is 0 Å². The maximum atomic E-state index is 11.5. The van der Waals surface area contributed by atoms with E-state index in [-0.39, 0.29) is 42.4 Å². The van der Waals surface area contributed by atoms with Crippen molar-refractivity contribution in [2.45, 2.75) is 44.6 Å². The Morgan fingerprint density at radius 1 is 1.05 bits per heavy atom. The van der Waals surface area contributed by atoms with Gasteiger partial charge in [0.1, 0.15) is 0 Å². The van der Waals surface area contributed by atoms with Gasteiger partial charge in [-0.25, -0.2) is 0 Å². The van der Waals surface area contributed by atoms with Crippen LogP contribution in [0.15, 0.2) is 12.2 Å². The number of nitrogens with one attached hydrogen (secondary N) is 1. The average molecular weight is 307 g/mol. The molecule has 7 heteroatoms. The molecule has 0 atom stereocenters. The minimum absolute atomic E-state index is 0.0879. The first-order valence-corrected chi connectivity index (χ1v) is 7.25. The second kappa shape index (κ2) is 7.22. The molecule has 0 aromatic carbocycles. The summed E-state index contributed by atoms with van der Waals surface area (Å²) in [5.41, 5.74) is 2.21. The molecule has 1 N–H and O–H groups in total. The first-order chi connectivity index (χ1) is 10.5. The van der Waals surface area contributed by atoms with E-state index >= 15 is 0 Å². The molecule has 0 bridgehead atoms. The van der Waals surface area contributed by atoms with Gasteiger partial charge >= 0.3 is 5.97 Å². The van der Waals surface area contributed by atoms with Crippen LogP contribution >= 0.6 is 0 Å². The number of Topliss-reactive ketones (excluding diaryl/α,β-unsaturated/α-hetero) is 2. The van der Waals surface area contributed by atoms with E-state index in [4.69, 9.17) is 4.84 Å². The number of carbonyl (C=O) groups is 5. The molecule has 1 fully saturated rings. The van der Waals surface area contributed by atoms with E-state index in [1.165, 1.54) is 12.2 Å². The van der Waals surface area contributed by atoms with E-state index in [1.807, 2.05) is 0 Å². The Hall–Kier alpha value is -2.15. The number of carbonyl (C=O) groups excluding carboxylic acids is 5. The van der Waals surface area contributed by atoms with Crippen LogP contribution in [0.25, 0.3) is 0 Å². The predicted molar refractivity (Wildman–Crippen MR) is 73.4 cm³/mol. The highest BCUT2D eigenvalue weighted by Gasteiger charge is 2.33. The zero-order chi connectivity index (χ0) is 16.1. The van der Waals surface area contributed by atoms with E-state index in [0.717, 1.165) is 0 Å². The summed E-state index contributed by atoms with van der Waals surface area (Å²) in [5.74, 6) is -2.11. The van der Waals surface area contributed by atoms with Gasteiger partial charge in [-0.05, 0) is 25.0 Å². The smallest absolute Gasteiger partial charge is 0.324 e. The fraction of sp³-hybridized carbons (Fsp3) is 0.533. The monoisotopic (exact) mass is 307 g/mol. The Bertz CT molecular complexity index is 516. The molecule has 0 aromatic rings. The third-order valence-corrected chi connectivity index (χ3v) is 3.77. The topological polar surface area (TPSA) is 107 Å². The maximum absolute atomic E-state index is 11.5. The minimum Gasteiger partial charge on any atom is -0.370 e. The Balaban J connectivity index is 1.60. The summed E-state index contributed by atoms with van der Waals surface area (Å²) in [6.07, 6.45) is 4.40. The molecule has 0 spiro atoms. The fourth-order valence-corrected chi connectivity index (χ4v) is 2.46. The lowest BCUT2D eigenvalue weighted by Crippen LogP contribution is -2.39. The van der Waals surface area contributed by atoms with Gasteiger partial charge in [0.2, 0.25) is 0 Å². The Morgan fingerprint density at radius 2 is 1.64 bits per heavy atom. The van der Waals surface area contributed by atoms with Crippen LogP contribution in [0.1, 0.15) is 38.5 Å². The molecule has 0 radical (unpaired) electrons. The maximum Gasteiger partial charge on any atom is 0.324 e. The first kappa shape index (κ1) is 16.2. The quantitative estimate of drug-likeness (QED) is 0.407. The van der Waals surface area contributed by atoms with Gasteiger partial charge in [0, 0.05) is 19.3 Å².